The van der Waals surface area contributed by atoms with Crippen molar-refractivity contribution < 1.29 is 9.53 Å². The molecule has 1 fully saturated rings. The molecule has 1 aromatic carbocycles. The minimum Gasteiger partial charge on any atom is -0.468 e. The number of guanidine groups is 1. The molecule has 0 radical (unpaired) electrons. The van der Waals surface area contributed by atoms with Crippen LogP contribution in [0.1, 0.15) is 43.9 Å². The lowest BCUT2D eigenvalue weighted by molar-refractivity contribution is -0.141. The second-order valence-corrected chi connectivity index (χ2v) is 7.57. The van der Waals surface area contributed by atoms with Crippen LogP contribution < -0.4 is 5.32 Å². The molecule has 1 aromatic heterocycles. The van der Waals surface area contributed by atoms with Crippen LogP contribution in [0.25, 0.3) is 0 Å². The van der Waals surface area contributed by atoms with E-state index in [0.717, 1.165) is 44.1 Å². The number of likely N-dealkylation sites (tertiary alicyclic amines) is 1. The van der Waals surface area contributed by atoms with E-state index in [9.17, 15) is 4.79 Å². The topological polar surface area (TPSA) is 84.6 Å². The van der Waals surface area contributed by atoms with E-state index in [1.54, 1.807) is 6.20 Å². The van der Waals surface area contributed by atoms with Crippen molar-refractivity contribution >= 4 is 35.9 Å². The van der Waals surface area contributed by atoms with Gasteiger partial charge in [-0.15, -0.1) is 29.1 Å². The Morgan fingerprint density at radius 3 is 2.74 bits per heavy atom. The number of carbonyl (C=O) groups excluding carboxylic acids is 1. The molecule has 0 spiro atoms. The van der Waals surface area contributed by atoms with Gasteiger partial charge in [-0.25, -0.2) is 9.67 Å². The number of rotatable bonds is 7. The molecule has 31 heavy (non-hydrogen) atoms. The Morgan fingerprint density at radius 2 is 2.06 bits per heavy atom. The van der Waals surface area contributed by atoms with Crippen LogP contribution in [-0.2, 0) is 22.6 Å². The zero-order chi connectivity index (χ0) is 21.3. The zero-order valence-corrected chi connectivity index (χ0v) is 20.9. The second-order valence-electron chi connectivity index (χ2n) is 7.57. The number of hydrogen-bond acceptors (Lipinski definition) is 5. The largest absolute Gasteiger partial charge is 0.468 e. The van der Waals surface area contributed by atoms with E-state index in [2.05, 4.69) is 69.4 Å². The van der Waals surface area contributed by atoms with Crippen LogP contribution in [-0.4, -0.2) is 58.6 Å². The predicted octanol–water partition coefficient (Wildman–Crippen LogP) is 3.05. The van der Waals surface area contributed by atoms with Crippen molar-refractivity contribution in [3.8, 4) is 0 Å². The number of carbonyl (C=O) groups is 1. The molecule has 2 heterocycles. The van der Waals surface area contributed by atoms with Crippen LogP contribution >= 0.6 is 24.0 Å². The summed E-state index contributed by atoms with van der Waals surface area (Å²) in [7, 11) is 1.36. The fourth-order valence-electron chi connectivity index (χ4n) is 4.04. The van der Waals surface area contributed by atoms with Gasteiger partial charge in [0, 0.05) is 19.6 Å². The van der Waals surface area contributed by atoms with Gasteiger partial charge in [0.2, 0.25) is 0 Å². The van der Waals surface area contributed by atoms with E-state index in [1.807, 2.05) is 0 Å². The molecule has 1 aliphatic rings. The number of aromatic nitrogens is 3. The number of benzene rings is 1. The maximum absolute atomic E-state index is 11.4. The van der Waals surface area contributed by atoms with Crippen molar-refractivity contribution in [3.05, 3.63) is 47.8 Å². The molecule has 0 amide bonds. The molecular weight excluding hydrogens is 507 g/mol. The molecule has 170 valence electrons. The van der Waals surface area contributed by atoms with Gasteiger partial charge in [-0.2, -0.15) is 0 Å². The summed E-state index contributed by atoms with van der Waals surface area (Å²) < 4.78 is 6.14. The molecule has 3 rings (SSSR count). The first-order chi connectivity index (χ1) is 14.6. The van der Waals surface area contributed by atoms with Crippen molar-refractivity contribution in [1.29, 1.82) is 0 Å². The first kappa shape index (κ1) is 25.1. The maximum Gasteiger partial charge on any atom is 0.327 e. The minimum atomic E-state index is -0.352. The normalized spacial score (nSPS) is 18.9. The molecule has 8 nitrogen and oxygen atoms in total. The standard InChI is InChI=1S/C22H32N6O2.HI/c1-4-17-14-27(12-11-20(17)18-9-7-6-8-10-18)22(23-5-2)24-13-19-15-28(26-25-19)16-21(29)30-3;/h6-10,15,17,20H,4-5,11-14,16H2,1-3H3,(H,23,24);1H. The molecule has 1 N–H and O–H groups in total. The first-order valence-corrected chi connectivity index (χ1v) is 10.7. The van der Waals surface area contributed by atoms with Gasteiger partial charge in [-0.3, -0.25) is 4.79 Å². The van der Waals surface area contributed by atoms with E-state index in [4.69, 9.17) is 4.99 Å². The number of nitrogens with zero attached hydrogens (tertiary/aromatic N) is 5. The fraction of sp³-hybridized carbons (Fsp3) is 0.545. The lowest BCUT2D eigenvalue weighted by Crippen LogP contribution is -2.48. The van der Waals surface area contributed by atoms with Crippen LogP contribution in [0.3, 0.4) is 0 Å². The Kier molecular flexibility index (Phi) is 10.2. The average Bonchev–Trinajstić information content (AvgIpc) is 3.23. The molecule has 9 heteroatoms. The number of aliphatic imine (C=N–C) groups is 1. The molecule has 0 aliphatic carbocycles. The average molecular weight is 540 g/mol. The lowest BCUT2D eigenvalue weighted by Gasteiger charge is -2.40. The monoisotopic (exact) mass is 540 g/mol. The summed E-state index contributed by atoms with van der Waals surface area (Å²) in [4.78, 5) is 18.5. The van der Waals surface area contributed by atoms with Crippen molar-refractivity contribution in [2.24, 2.45) is 10.9 Å². The number of piperidine rings is 1. The van der Waals surface area contributed by atoms with Crippen LogP contribution in [0.15, 0.2) is 41.5 Å². The number of methoxy groups -OCH3 is 1. The van der Waals surface area contributed by atoms with Crippen LogP contribution in [0.5, 0.6) is 0 Å². The Balaban J connectivity index is 0.00000341. The van der Waals surface area contributed by atoms with Crippen LogP contribution in [0.2, 0.25) is 0 Å². The molecule has 0 saturated carbocycles. The van der Waals surface area contributed by atoms with Gasteiger partial charge in [0.25, 0.3) is 0 Å². The molecule has 0 bridgehead atoms. The Bertz CT molecular complexity index is 842. The van der Waals surface area contributed by atoms with Gasteiger partial charge in [-0.1, -0.05) is 48.9 Å². The minimum absolute atomic E-state index is 0. The Hall–Kier alpha value is -2.17. The quantitative estimate of drug-likeness (QED) is 0.252. The SMILES string of the molecule is CCNC(=NCc1cn(CC(=O)OC)nn1)N1CCC(c2ccccc2)C(CC)C1.I. The highest BCUT2D eigenvalue weighted by atomic mass is 127. The van der Waals surface area contributed by atoms with Crippen molar-refractivity contribution in [2.75, 3.05) is 26.7 Å². The molecule has 2 aromatic rings. The van der Waals surface area contributed by atoms with E-state index in [1.165, 1.54) is 17.4 Å². The Labute approximate surface area is 201 Å². The highest BCUT2D eigenvalue weighted by molar-refractivity contribution is 14.0. The number of nitrogens with one attached hydrogen (secondary N) is 1. The summed E-state index contributed by atoms with van der Waals surface area (Å²) in [6.45, 7) is 7.58. The maximum atomic E-state index is 11.4. The number of esters is 1. The first-order valence-electron chi connectivity index (χ1n) is 10.7. The molecule has 1 aliphatic heterocycles. The van der Waals surface area contributed by atoms with E-state index >= 15 is 0 Å². The summed E-state index contributed by atoms with van der Waals surface area (Å²) in [6, 6.07) is 10.8. The van der Waals surface area contributed by atoms with Gasteiger partial charge in [-0.05, 0) is 30.7 Å². The van der Waals surface area contributed by atoms with Gasteiger partial charge in [0.05, 0.1) is 19.9 Å². The molecule has 2 unspecified atom stereocenters. The zero-order valence-electron chi connectivity index (χ0n) is 18.5. The highest BCUT2D eigenvalue weighted by Crippen LogP contribution is 2.34. The molecule has 1 saturated heterocycles. The van der Waals surface area contributed by atoms with Crippen LogP contribution in [0, 0.1) is 5.92 Å². The summed E-state index contributed by atoms with van der Waals surface area (Å²) in [5.74, 6) is 1.74. The number of halogens is 1. The van der Waals surface area contributed by atoms with Crippen molar-refractivity contribution in [2.45, 2.75) is 45.7 Å². The van der Waals surface area contributed by atoms with Crippen molar-refractivity contribution in [3.63, 3.8) is 0 Å². The summed E-state index contributed by atoms with van der Waals surface area (Å²) in [5.41, 5.74) is 2.16. The summed E-state index contributed by atoms with van der Waals surface area (Å²) >= 11 is 0. The third-order valence-corrected chi connectivity index (χ3v) is 5.62. The number of ether oxygens (including phenoxy) is 1. The van der Waals surface area contributed by atoms with Gasteiger partial charge in [0.15, 0.2) is 5.96 Å². The highest BCUT2D eigenvalue weighted by Gasteiger charge is 2.30. The summed E-state index contributed by atoms with van der Waals surface area (Å²) in [6.07, 6.45) is 3.99. The third kappa shape index (κ3) is 6.91. The smallest absolute Gasteiger partial charge is 0.327 e. The third-order valence-electron chi connectivity index (χ3n) is 5.62. The van der Waals surface area contributed by atoms with Crippen LogP contribution in [0.4, 0.5) is 0 Å². The number of hydrogen-bond donors (Lipinski definition) is 1. The fourth-order valence-corrected chi connectivity index (χ4v) is 4.04. The van der Waals surface area contributed by atoms with E-state index in [0.29, 0.717) is 18.4 Å². The van der Waals surface area contributed by atoms with Gasteiger partial charge < -0.3 is 15.0 Å². The lowest BCUT2D eigenvalue weighted by atomic mass is 9.79. The Morgan fingerprint density at radius 1 is 1.29 bits per heavy atom. The molecule has 2 atom stereocenters. The second kappa shape index (κ2) is 12.6. The van der Waals surface area contributed by atoms with Crippen molar-refractivity contribution in [1.82, 2.24) is 25.2 Å². The van der Waals surface area contributed by atoms with Gasteiger partial charge >= 0.3 is 5.97 Å². The molecular formula is C22H33IN6O2. The predicted molar refractivity (Wildman–Crippen MR) is 131 cm³/mol. The van der Waals surface area contributed by atoms with Gasteiger partial charge in [0.1, 0.15) is 12.2 Å². The van der Waals surface area contributed by atoms with E-state index < -0.39 is 0 Å². The van der Waals surface area contributed by atoms with E-state index in [-0.39, 0.29) is 36.5 Å². The summed E-state index contributed by atoms with van der Waals surface area (Å²) in [5, 5.41) is 11.5.